The molecule has 1 aromatic heterocycles. The molecule has 1 amide bonds. The van der Waals surface area contributed by atoms with Crippen molar-refractivity contribution in [2.45, 2.75) is 57.9 Å². The second kappa shape index (κ2) is 8.58. The molecule has 0 spiro atoms. The zero-order valence-corrected chi connectivity index (χ0v) is 19.0. The summed E-state index contributed by atoms with van der Waals surface area (Å²) in [7, 11) is 0. The third-order valence-corrected chi connectivity index (χ3v) is 6.57. The fourth-order valence-corrected chi connectivity index (χ4v) is 4.32. The zero-order chi connectivity index (χ0) is 23.0. The smallest absolute Gasteiger partial charge is 0.309 e. The molecular formula is C25H27ClN2O4. The lowest BCUT2D eigenvalue weighted by Gasteiger charge is -2.20. The number of hydrogen-bond donors (Lipinski definition) is 3. The Hall–Kier alpha value is -2.86. The summed E-state index contributed by atoms with van der Waals surface area (Å²) < 4.78 is 0. The summed E-state index contributed by atoms with van der Waals surface area (Å²) in [6, 6.07) is 9.18. The van der Waals surface area contributed by atoms with Crippen LogP contribution in [0.1, 0.15) is 67.8 Å². The van der Waals surface area contributed by atoms with Crippen LogP contribution in [-0.2, 0) is 16.0 Å². The number of pyridine rings is 1. The highest BCUT2D eigenvalue weighted by Gasteiger charge is 2.29. The van der Waals surface area contributed by atoms with Gasteiger partial charge in [0.1, 0.15) is 0 Å². The molecule has 1 aromatic carbocycles. The van der Waals surface area contributed by atoms with E-state index in [4.69, 9.17) is 11.6 Å². The van der Waals surface area contributed by atoms with Crippen LogP contribution in [0.4, 0.5) is 0 Å². The molecule has 1 saturated carbocycles. The van der Waals surface area contributed by atoms with Crippen molar-refractivity contribution in [3.63, 3.8) is 0 Å². The normalized spacial score (nSPS) is 19.2. The molecule has 1 atom stereocenters. The van der Waals surface area contributed by atoms with Crippen LogP contribution in [0.2, 0.25) is 5.02 Å². The minimum Gasteiger partial charge on any atom is -0.481 e. The number of carbonyl (C=O) groups excluding carboxylic acids is 1. The van der Waals surface area contributed by atoms with Crippen LogP contribution < -0.4 is 10.9 Å². The first kappa shape index (κ1) is 22.3. The molecule has 2 heterocycles. The highest BCUT2D eigenvalue weighted by atomic mass is 35.5. The van der Waals surface area contributed by atoms with Gasteiger partial charge in [0.25, 0.3) is 5.56 Å². The van der Waals surface area contributed by atoms with Crippen molar-refractivity contribution in [2.75, 3.05) is 0 Å². The van der Waals surface area contributed by atoms with E-state index in [1.54, 1.807) is 19.9 Å². The molecule has 1 aliphatic heterocycles. The van der Waals surface area contributed by atoms with Crippen molar-refractivity contribution in [3.05, 3.63) is 74.2 Å². The SMILES string of the molecule is CC(C)(Cc1ccc(/C(=C\[C@H]2CCC(=O)N2)c2ccc(C3CC3)c(=O)[nH]2)cc1Cl)C(=O)O. The molecule has 32 heavy (non-hydrogen) atoms. The summed E-state index contributed by atoms with van der Waals surface area (Å²) in [6.07, 6.45) is 5.50. The van der Waals surface area contributed by atoms with Gasteiger partial charge >= 0.3 is 5.97 Å². The van der Waals surface area contributed by atoms with E-state index in [1.165, 1.54) is 0 Å². The average Bonchev–Trinajstić information content (AvgIpc) is 3.48. The number of hydrogen-bond acceptors (Lipinski definition) is 3. The molecule has 1 aliphatic carbocycles. The maximum Gasteiger partial charge on any atom is 0.309 e. The quantitative estimate of drug-likeness (QED) is 0.581. The van der Waals surface area contributed by atoms with Gasteiger partial charge in [0.15, 0.2) is 0 Å². The van der Waals surface area contributed by atoms with E-state index in [-0.39, 0.29) is 17.5 Å². The zero-order valence-electron chi connectivity index (χ0n) is 18.2. The molecule has 3 N–H and O–H groups in total. The van der Waals surface area contributed by atoms with E-state index in [9.17, 15) is 19.5 Å². The van der Waals surface area contributed by atoms with Gasteiger partial charge in [-0.15, -0.1) is 0 Å². The maximum atomic E-state index is 12.7. The first-order valence-corrected chi connectivity index (χ1v) is 11.3. The van der Waals surface area contributed by atoms with Gasteiger partial charge < -0.3 is 15.4 Å². The Kier molecular flexibility index (Phi) is 5.99. The van der Waals surface area contributed by atoms with E-state index in [2.05, 4.69) is 10.3 Å². The van der Waals surface area contributed by atoms with Crippen molar-refractivity contribution in [3.8, 4) is 0 Å². The molecule has 0 unspecified atom stereocenters. The van der Waals surface area contributed by atoms with E-state index in [0.29, 0.717) is 35.9 Å². The molecule has 2 aliphatic rings. The number of nitrogens with one attached hydrogen (secondary N) is 2. The van der Waals surface area contributed by atoms with Gasteiger partial charge in [0, 0.05) is 34.3 Å². The summed E-state index contributed by atoms with van der Waals surface area (Å²) in [6.45, 7) is 3.33. The number of amides is 1. The Morgan fingerprint density at radius 2 is 1.94 bits per heavy atom. The molecule has 0 radical (unpaired) electrons. The summed E-state index contributed by atoms with van der Waals surface area (Å²) in [5.74, 6) is -0.531. The maximum absolute atomic E-state index is 12.7. The first-order valence-electron chi connectivity index (χ1n) is 10.9. The van der Waals surface area contributed by atoms with E-state index in [1.807, 2.05) is 30.3 Å². The van der Waals surface area contributed by atoms with Gasteiger partial charge in [-0.25, -0.2) is 0 Å². The average molecular weight is 455 g/mol. The first-order chi connectivity index (χ1) is 15.1. The van der Waals surface area contributed by atoms with Gasteiger partial charge in [0.05, 0.1) is 5.41 Å². The van der Waals surface area contributed by atoms with Crippen LogP contribution >= 0.6 is 11.6 Å². The number of aliphatic carboxylic acids is 1. The van der Waals surface area contributed by atoms with E-state index < -0.39 is 11.4 Å². The lowest BCUT2D eigenvalue weighted by Crippen LogP contribution is -2.26. The number of aromatic nitrogens is 1. The van der Waals surface area contributed by atoms with Gasteiger partial charge in [-0.05, 0) is 68.7 Å². The fourth-order valence-electron chi connectivity index (χ4n) is 4.07. The fraction of sp³-hybridized carbons (Fsp3) is 0.400. The number of carboxylic acid groups (broad SMARTS) is 1. The van der Waals surface area contributed by atoms with Gasteiger partial charge in [-0.2, -0.15) is 0 Å². The molecule has 2 fully saturated rings. The molecule has 4 rings (SSSR count). The number of halogens is 1. The van der Waals surface area contributed by atoms with Gasteiger partial charge in [-0.1, -0.05) is 35.9 Å². The number of benzene rings is 1. The summed E-state index contributed by atoms with van der Waals surface area (Å²) in [5, 5.41) is 12.8. The summed E-state index contributed by atoms with van der Waals surface area (Å²) in [5.41, 5.74) is 2.76. The molecular weight excluding hydrogens is 428 g/mol. The van der Waals surface area contributed by atoms with Crippen molar-refractivity contribution in [1.29, 1.82) is 0 Å². The van der Waals surface area contributed by atoms with Crippen molar-refractivity contribution >= 4 is 29.1 Å². The second-order valence-electron chi connectivity index (χ2n) is 9.40. The molecule has 7 heteroatoms. The van der Waals surface area contributed by atoms with Crippen LogP contribution in [0.15, 0.2) is 41.2 Å². The minimum atomic E-state index is -0.943. The molecule has 2 aromatic rings. The Morgan fingerprint density at radius 3 is 2.50 bits per heavy atom. The lowest BCUT2D eigenvalue weighted by atomic mass is 9.85. The number of carbonyl (C=O) groups is 2. The van der Waals surface area contributed by atoms with Gasteiger partial charge in [0.2, 0.25) is 5.91 Å². The molecule has 0 bridgehead atoms. The monoisotopic (exact) mass is 454 g/mol. The second-order valence-corrected chi connectivity index (χ2v) is 9.80. The third-order valence-electron chi connectivity index (χ3n) is 6.22. The van der Waals surface area contributed by atoms with Crippen LogP contribution in [0.3, 0.4) is 0 Å². The highest BCUT2D eigenvalue weighted by Crippen LogP contribution is 2.38. The van der Waals surface area contributed by atoms with E-state index in [0.717, 1.165) is 35.1 Å². The summed E-state index contributed by atoms with van der Waals surface area (Å²) in [4.78, 5) is 38.9. The van der Waals surface area contributed by atoms with Crippen molar-refractivity contribution in [2.24, 2.45) is 5.41 Å². The van der Waals surface area contributed by atoms with E-state index >= 15 is 0 Å². The van der Waals surface area contributed by atoms with Crippen LogP contribution in [0.5, 0.6) is 0 Å². The molecule has 6 nitrogen and oxygen atoms in total. The minimum absolute atomic E-state index is 0.00690. The number of carboxylic acids is 1. The largest absolute Gasteiger partial charge is 0.481 e. The Morgan fingerprint density at radius 1 is 1.19 bits per heavy atom. The van der Waals surface area contributed by atoms with Crippen molar-refractivity contribution in [1.82, 2.24) is 10.3 Å². The van der Waals surface area contributed by atoms with Crippen LogP contribution in [0.25, 0.3) is 5.57 Å². The lowest BCUT2D eigenvalue weighted by molar-refractivity contribution is -0.146. The Labute approximate surface area is 191 Å². The highest BCUT2D eigenvalue weighted by molar-refractivity contribution is 6.31. The predicted molar refractivity (Wildman–Crippen MR) is 124 cm³/mol. The standard InChI is InChI=1S/C25H27ClN2O4/c1-25(2,24(31)32)13-16-6-5-15(11-20(16)26)19(12-17-7-10-22(29)27-17)21-9-8-18(14-3-4-14)23(30)28-21/h5-6,8-9,11-12,14,17H,3-4,7,10,13H2,1-2H3,(H,27,29)(H,28,30)(H,31,32)/b19-12+/t17-/m1/s1. The molecule has 1 saturated heterocycles. The van der Waals surface area contributed by atoms with Crippen molar-refractivity contribution < 1.29 is 14.7 Å². The number of rotatable bonds is 7. The van der Waals surface area contributed by atoms with Crippen LogP contribution in [-0.4, -0.2) is 28.0 Å². The van der Waals surface area contributed by atoms with Crippen LogP contribution in [0, 0.1) is 5.41 Å². The number of aromatic amines is 1. The third kappa shape index (κ3) is 4.80. The summed E-state index contributed by atoms with van der Waals surface area (Å²) >= 11 is 6.56. The Bertz CT molecular complexity index is 1160. The number of H-pyrrole nitrogens is 1. The topological polar surface area (TPSA) is 99.3 Å². The molecule has 168 valence electrons. The van der Waals surface area contributed by atoms with Gasteiger partial charge in [-0.3, -0.25) is 14.4 Å². The Balaban J connectivity index is 1.72. The predicted octanol–water partition coefficient (Wildman–Crippen LogP) is 4.27.